The van der Waals surface area contributed by atoms with Gasteiger partial charge >= 0.3 is 5.97 Å². The number of carboxylic acids is 1. The van der Waals surface area contributed by atoms with Crippen molar-refractivity contribution >= 4 is 35.1 Å². The minimum absolute atomic E-state index is 0.0569. The van der Waals surface area contributed by atoms with Crippen molar-refractivity contribution in [1.29, 1.82) is 0 Å². The summed E-state index contributed by atoms with van der Waals surface area (Å²) in [7, 11) is 0. The Morgan fingerprint density at radius 3 is 2.58 bits per heavy atom. The van der Waals surface area contributed by atoms with E-state index < -0.39 is 22.7 Å². The minimum atomic E-state index is -1.05. The molecule has 1 heterocycles. The maximum atomic E-state index is 12.3. The number of rotatable bonds is 7. The maximum absolute atomic E-state index is 12.3. The molecule has 0 aliphatic heterocycles. The van der Waals surface area contributed by atoms with Crippen molar-refractivity contribution < 1.29 is 19.4 Å². The number of nitrogens with zero attached hydrogens (tertiary/aromatic N) is 1. The highest BCUT2D eigenvalue weighted by atomic mass is 32.2. The van der Waals surface area contributed by atoms with E-state index in [4.69, 9.17) is 15.6 Å². The third-order valence-electron chi connectivity index (χ3n) is 3.23. The number of nitrogen functional groups attached to an aromatic ring is 1. The average molecular weight is 378 g/mol. The lowest BCUT2D eigenvalue weighted by Gasteiger charge is -2.10. The second-order valence-corrected chi connectivity index (χ2v) is 6.47. The van der Waals surface area contributed by atoms with E-state index in [1.165, 1.54) is 6.92 Å². The Morgan fingerprint density at radius 2 is 2.04 bits per heavy atom. The van der Waals surface area contributed by atoms with Crippen LogP contribution in [0.1, 0.15) is 24.2 Å². The van der Waals surface area contributed by atoms with Crippen LogP contribution in [0.25, 0.3) is 0 Å². The molecular weight excluding hydrogens is 360 g/mol. The Balaban J connectivity index is 2.17. The van der Waals surface area contributed by atoms with Gasteiger partial charge in [-0.2, -0.15) is 0 Å². The van der Waals surface area contributed by atoms with Crippen molar-refractivity contribution in [3.05, 3.63) is 40.2 Å². The number of nitrogens with two attached hydrogens (primary N) is 1. The molecule has 0 bridgehead atoms. The number of nitrogens with one attached hydrogen (secondary N) is 2. The summed E-state index contributed by atoms with van der Waals surface area (Å²) in [5.74, 6) is -1.17. The summed E-state index contributed by atoms with van der Waals surface area (Å²) in [5.41, 5.74) is 5.18. The van der Waals surface area contributed by atoms with Crippen LogP contribution in [0.2, 0.25) is 0 Å². The van der Waals surface area contributed by atoms with Gasteiger partial charge in [0.05, 0.1) is 6.61 Å². The van der Waals surface area contributed by atoms with Crippen LogP contribution in [-0.4, -0.2) is 38.8 Å². The summed E-state index contributed by atoms with van der Waals surface area (Å²) in [5, 5.41) is 10.5. The number of hydrogen-bond acceptors (Lipinski definition) is 7. The number of anilines is 2. The van der Waals surface area contributed by atoms with Gasteiger partial charge in [-0.1, -0.05) is 11.8 Å². The maximum Gasteiger partial charge on any atom is 0.316 e. The van der Waals surface area contributed by atoms with Crippen LogP contribution in [0, 0.1) is 0 Å². The molecule has 1 aromatic heterocycles. The van der Waals surface area contributed by atoms with Crippen molar-refractivity contribution in [2.75, 3.05) is 17.7 Å². The third kappa shape index (κ3) is 4.76. The van der Waals surface area contributed by atoms with E-state index in [-0.39, 0.29) is 16.7 Å². The number of aromatic amines is 1. The molecule has 10 heteroatoms. The molecular formula is C16H18N4O5S. The molecule has 9 nitrogen and oxygen atoms in total. The fraction of sp³-hybridized carbons (Fsp3) is 0.250. The van der Waals surface area contributed by atoms with E-state index in [0.29, 0.717) is 17.9 Å². The quantitative estimate of drug-likeness (QED) is 0.419. The Bertz CT molecular complexity index is 866. The summed E-state index contributed by atoms with van der Waals surface area (Å²) < 4.78 is 5.30. The van der Waals surface area contributed by atoms with Crippen molar-refractivity contribution in [3.8, 4) is 5.75 Å². The highest BCUT2D eigenvalue weighted by molar-refractivity contribution is 8.00. The molecule has 138 valence electrons. The SMILES string of the molecule is CCOc1ccc(C(=O)Nc2c(N)nc(SC(C)C(=O)O)[nH]c2=O)cc1. The number of H-pyrrole nitrogens is 1. The first kappa shape index (κ1) is 19.3. The van der Waals surface area contributed by atoms with E-state index in [1.807, 2.05) is 6.92 Å². The van der Waals surface area contributed by atoms with Gasteiger partial charge in [-0.05, 0) is 38.1 Å². The Labute approximate surface area is 153 Å². The number of hydrogen-bond donors (Lipinski definition) is 4. The zero-order valence-corrected chi connectivity index (χ0v) is 14.9. The van der Waals surface area contributed by atoms with Crippen LogP contribution in [0.4, 0.5) is 11.5 Å². The van der Waals surface area contributed by atoms with Crippen LogP contribution in [0.5, 0.6) is 5.75 Å². The molecule has 0 spiro atoms. The molecule has 0 radical (unpaired) electrons. The predicted molar refractivity (Wildman–Crippen MR) is 97.8 cm³/mol. The van der Waals surface area contributed by atoms with Crippen molar-refractivity contribution in [2.45, 2.75) is 24.3 Å². The smallest absolute Gasteiger partial charge is 0.316 e. The molecule has 1 aromatic carbocycles. The molecule has 2 aromatic rings. The van der Waals surface area contributed by atoms with Gasteiger partial charge in [0.15, 0.2) is 11.0 Å². The number of ether oxygens (including phenoxy) is 1. The van der Waals surface area contributed by atoms with Crippen LogP contribution in [0.15, 0.2) is 34.2 Å². The van der Waals surface area contributed by atoms with Crippen LogP contribution < -0.4 is 21.3 Å². The average Bonchev–Trinajstić information content (AvgIpc) is 2.58. The van der Waals surface area contributed by atoms with Gasteiger partial charge in [0.25, 0.3) is 11.5 Å². The number of carbonyl (C=O) groups excluding carboxylic acids is 1. The second-order valence-electron chi connectivity index (χ2n) is 5.14. The number of aliphatic carboxylic acids is 1. The number of aromatic nitrogens is 2. The minimum Gasteiger partial charge on any atom is -0.494 e. The van der Waals surface area contributed by atoms with Gasteiger partial charge in [-0.25, -0.2) is 4.98 Å². The molecule has 26 heavy (non-hydrogen) atoms. The standard InChI is InChI=1S/C16H18N4O5S/c1-3-25-10-6-4-9(5-7-10)13(21)18-11-12(17)19-16(20-14(11)22)26-8(2)15(23)24/h4-8H,3H2,1-2H3,(H,18,21)(H,23,24)(H3,17,19,20,22). The number of carbonyl (C=O) groups is 2. The lowest BCUT2D eigenvalue weighted by atomic mass is 10.2. The Kier molecular flexibility index (Phi) is 6.23. The predicted octanol–water partition coefficient (Wildman–Crippen LogP) is 1.57. The first-order valence-electron chi connectivity index (χ1n) is 7.65. The Hall–Kier alpha value is -3.01. The van der Waals surface area contributed by atoms with Crippen LogP contribution >= 0.6 is 11.8 Å². The van der Waals surface area contributed by atoms with Crippen LogP contribution in [-0.2, 0) is 4.79 Å². The number of thioether (sulfide) groups is 1. The van der Waals surface area contributed by atoms with E-state index in [9.17, 15) is 14.4 Å². The zero-order valence-electron chi connectivity index (χ0n) is 14.1. The molecule has 0 aliphatic rings. The van der Waals surface area contributed by atoms with E-state index in [1.54, 1.807) is 24.3 Å². The molecule has 1 unspecified atom stereocenters. The summed E-state index contributed by atoms with van der Waals surface area (Å²) in [6.07, 6.45) is 0. The van der Waals surface area contributed by atoms with E-state index >= 15 is 0 Å². The normalized spacial score (nSPS) is 11.6. The summed E-state index contributed by atoms with van der Waals surface area (Å²) in [6, 6.07) is 6.38. The molecule has 1 atom stereocenters. The van der Waals surface area contributed by atoms with Gasteiger partial charge < -0.3 is 20.9 Å². The third-order valence-corrected chi connectivity index (χ3v) is 4.20. The lowest BCUT2D eigenvalue weighted by molar-refractivity contribution is -0.136. The van der Waals surface area contributed by atoms with Gasteiger partial charge in [0.2, 0.25) is 0 Å². The Morgan fingerprint density at radius 1 is 1.38 bits per heavy atom. The van der Waals surface area contributed by atoms with Gasteiger partial charge in [0, 0.05) is 5.56 Å². The van der Waals surface area contributed by atoms with Crippen molar-refractivity contribution in [2.24, 2.45) is 0 Å². The number of amides is 1. The number of carboxylic acid groups (broad SMARTS) is 1. The molecule has 0 fully saturated rings. The highest BCUT2D eigenvalue weighted by Crippen LogP contribution is 2.21. The van der Waals surface area contributed by atoms with Crippen molar-refractivity contribution in [3.63, 3.8) is 0 Å². The summed E-state index contributed by atoms with van der Waals surface area (Å²) in [6.45, 7) is 3.81. The lowest BCUT2D eigenvalue weighted by Crippen LogP contribution is -2.23. The fourth-order valence-electron chi connectivity index (χ4n) is 1.92. The zero-order chi connectivity index (χ0) is 19.3. The van der Waals surface area contributed by atoms with Crippen molar-refractivity contribution in [1.82, 2.24) is 9.97 Å². The summed E-state index contributed by atoms with van der Waals surface area (Å²) in [4.78, 5) is 41.6. The van der Waals surface area contributed by atoms with E-state index in [2.05, 4.69) is 15.3 Å². The molecule has 0 aliphatic carbocycles. The molecule has 1 amide bonds. The molecule has 0 saturated heterocycles. The topological polar surface area (TPSA) is 147 Å². The highest BCUT2D eigenvalue weighted by Gasteiger charge is 2.18. The number of benzene rings is 1. The van der Waals surface area contributed by atoms with Gasteiger partial charge in [0.1, 0.15) is 16.7 Å². The second kappa shape index (κ2) is 8.39. The fourth-order valence-corrected chi connectivity index (χ4v) is 2.66. The summed E-state index contributed by atoms with van der Waals surface area (Å²) >= 11 is 0.837. The van der Waals surface area contributed by atoms with Gasteiger partial charge in [-0.15, -0.1) is 0 Å². The first-order chi connectivity index (χ1) is 12.3. The first-order valence-corrected chi connectivity index (χ1v) is 8.53. The molecule has 0 saturated carbocycles. The molecule has 2 rings (SSSR count). The monoisotopic (exact) mass is 378 g/mol. The van der Waals surface area contributed by atoms with Crippen LogP contribution in [0.3, 0.4) is 0 Å². The molecule has 5 N–H and O–H groups in total. The van der Waals surface area contributed by atoms with Gasteiger partial charge in [-0.3, -0.25) is 19.4 Å². The largest absolute Gasteiger partial charge is 0.494 e. The van der Waals surface area contributed by atoms with E-state index in [0.717, 1.165) is 11.8 Å².